The van der Waals surface area contributed by atoms with E-state index in [-0.39, 0.29) is 18.1 Å². The number of carbonyl (C=O) groups excluding carboxylic acids is 1. The first-order valence-corrected chi connectivity index (χ1v) is 11.6. The Morgan fingerprint density at radius 3 is 2.78 bits per heavy atom. The van der Waals surface area contributed by atoms with Crippen LogP contribution in [0.25, 0.3) is 10.9 Å². The second-order valence-electron chi connectivity index (χ2n) is 9.16. The lowest BCUT2D eigenvalue weighted by Crippen LogP contribution is -2.44. The summed E-state index contributed by atoms with van der Waals surface area (Å²) in [6.07, 6.45) is 6.30. The van der Waals surface area contributed by atoms with Crippen LogP contribution in [0.3, 0.4) is 0 Å². The third kappa shape index (κ3) is 3.25. The average Bonchev–Trinajstić information content (AvgIpc) is 3.47. The number of benzene rings is 2. The molecule has 6 heteroatoms. The first kappa shape index (κ1) is 19.7. The number of amides is 1. The molecule has 0 saturated carbocycles. The Labute approximate surface area is 187 Å². The minimum atomic E-state index is -0.183. The van der Waals surface area contributed by atoms with Gasteiger partial charge < -0.3 is 24.5 Å². The average molecular weight is 433 g/mol. The van der Waals surface area contributed by atoms with Crippen molar-refractivity contribution in [1.29, 1.82) is 0 Å². The number of carbonyl (C=O) groups is 1. The van der Waals surface area contributed by atoms with Crippen LogP contribution in [0.4, 0.5) is 0 Å². The second kappa shape index (κ2) is 7.85. The Morgan fingerprint density at radius 1 is 1.03 bits per heavy atom. The van der Waals surface area contributed by atoms with Gasteiger partial charge in [0.25, 0.3) is 5.91 Å². The summed E-state index contributed by atoms with van der Waals surface area (Å²) in [6, 6.07) is 12.2. The third-order valence-corrected chi connectivity index (χ3v) is 7.40. The van der Waals surface area contributed by atoms with Gasteiger partial charge in [0.2, 0.25) is 6.79 Å². The minimum Gasteiger partial charge on any atom is -0.454 e. The number of H-pyrrole nitrogens is 1. The molecule has 1 fully saturated rings. The molecule has 3 heterocycles. The van der Waals surface area contributed by atoms with Crippen molar-refractivity contribution in [1.82, 2.24) is 10.3 Å². The maximum absolute atomic E-state index is 13.4. The molecule has 1 aromatic heterocycles. The van der Waals surface area contributed by atoms with E-state index in [0.717, 1.165) is 48.3 Å². The van der Waals surface area contributed by atoms with Gasteiger partial charge in [0, 0.05) is 36.3 Å². The van der Waals surface area contributed by atoms with Crippen molar-refractivity contribution in [3.63, 3.8) is 0 Å². The maximum Gasteiger partial charge on any atom is 0.253 e. The van der Waals surface area contributed by atoms with Gasteiger partial charge in [-0.15, -0.1) is 0 Å². The Hall–Kier alpha value is -2.99. The Kier molecular flexibility index (Phi) is 4.83. The fraction of sp³-hybridized carbons (Fsp3) is 0.423. The van der Waals surface area contributed by atoms with E-state index >= 15 is 0 Å². The van der Waals surface area contributed by atoms with Gasteiger partial charge in [0.1, 0.15) is 0 Å². The van der Waals surface area contributed by atoms with Gasteiger partial charge in [-0.3, -0.25) is 4.79 Å². The molecule has 3 aliphatic rings. The number of para-hydroxylation sites is 1. The van der Waals surface area contributed by atoms with Crippen LogP contribution < -0.4 is 14.8 Å². The molecule has 1 aliphatic carbocycles. The summed E-state index contributed by atoms with van der Waals surface area (Å²) < 4.78 is 16.8. The molecule has 2 N–H and O–H groups in total. The van der Waals surface area contributed by atoms with E-state index in [2.05, 4.69) is 28.5 Å². The highest BCUT2D eigenvalue weighted by Gasteiger charge is 2.36. The van der Waals surface area contributed by atoms with Gasteiger partial charge in [-0.2, -0.15) is 0 Å². The topological polar surface area (TPSA) is 72.6 Å². The normalized spacial score (nSPS) is 19.0. The molecular weight excluding hydrogens is 404 g/mol. The van der Waals surface area contributed by atoms with Crippen molar-refractivity contribution in [2.75, 3.05) is 26.6 Å². The summed E-state index contributed by atoms with van der Waals surface area (Å²) in [5.41, 5.74) is 5.37. The zero-order chi connectivity index (χ0) is 21.5. The summed E-state index contributed by atoms with van der Waals surface area (Å²) in [4.78, 5) is 16.9. The van der Waals surface area contributed by atoms with E-state index in [1.165, 1.54) is 35.0 Å². The number of ether oxygens (including phenoxy) is 3. The zero-order valence-electron chi connectivity index (χ0n) is 18.2. The Bertz CT molecular complexity index is 1180. The highest BCUT2D eigenvalue weighted by Crippen LogP contribution is 2.40. The number of hydrogen-bond acceptors (Lipinski definition) is 4. The second-order valence-corrected chi connectivity index (χ2v) is 9.16. The number of nitrogens with one attached hydrogen (secondary N) is 2. The molecule has 0 bridgehead atoms. The molecule has 0 unspecified atom stereocenters. The largest absolute Gasteiger partial charge is 0.454 e. The summed E-state index contributed by atoms with van der Waals surface area (Å²) >= 11 is 0. The number of fused-ring (bicyclic) bond motifs is 4. The van der Waals surface area contributed by atoms with Gasteiger partial charge in [-0.05, 0) is 67.9 Å². The van der Waals surface area contributed by atoms with Crippen LogP contribution >= 0.6 is 0 Å². The van der Waals surface area contributed by atoms with Crippen LogP contribution in [0, 0.1) is 0 Å². The molecule has 6 rings (SSSR count). The highest BCUT2D eigenvalue weighted by molar-refractivity contribution is 6.06. The quantitative estimate of drug-likeness (QED) is 0.646. The van der Waals surface area contributed by atoms with Crippen LogP contribution in [0.15, 0.2) is 36.4 Å². The molecule has 32 heavy (non-hydrogen) atoms. The third-order valence-electron chi connectivity index (χ3n) is 7.40. The van der Waals surface area contributed by atoms with Crippen molar-refractivity contribution in [2.45, 2.75) is 43.9 Å². The minimum absolute atomic E-state index is 0.0270. The SMILES string of the molecule is O=C(NCC1(c2ccc3c(c2)OCO3)CCOCC1)c1cccc2c3c([nH]c12)CCCC3. The van der Waals surface area contributed by atoms with Crippen LogP contribution in [-0.4, -0.2) is 37.4 Å². The van der Waals surface area contributed by atoms with Crippen molar-refractivity contribution < 1.29 is 19.0 Å². The number of rotatable bonds is 4. The van der Waals surface area contributed by atoms with Gasteiger partial charge in [0.15, 0.2) is 11.5 Å². The van der Waals surface area contributed by atoms with E-state index in [1.807, 2.05) is 18.2 Å². The predicted octanol–water partition coefficient (Wildman–Crippen LogP) is 4.25. The number of aromatic nitrogens is 1. The Morgan fingerprint density at radius 2 is 1.88 bits per heavy atom. The standard InChI is InChI=1S/C26H28N2O4/c29-25(20-6-3-5-19-18-4-1-2-7-21(18)28-24(19)20)27-15-26(10-12-30-13-11-26)17-8-9-22-23(14-17)32-16-31-22/h3,5-6,8-9,14,28H,1-2,4,7,10-13,15-16H2,(H,27,29). The number of hydrogen-bond donors (Lipinski definition) is 2. The molecule has 1 saturated heterocycles. The summed E-state index contributed by atoms with van der Waals surface area (Å²) in [5, 5.41) is 4.46. The van der Waals surface area contributed by atoms with Gasteiger partial charge in [0.05, 0.1) is 11.1 Å². The summed E-state index contributed by atoms with van der Waals surface area (Å²) in [7, 11) is 0. The fourth-order valence-corrected chi connectivity index (χ4v) is 5.52. The molecular formula is C26H28N2O4. The molecule has 2 aliphatic heterocycles. The van der Waals surface area contributed by atoms with E-state index in [0.29, 0.717) is 19.8 Å². The van der Waals surface area contributed by atoms with Gasteiger partial charge in [-0.25, -0.2) is 0 Å². The van der Waals surface area contributed by atoms with Crippen LogP contribution in [-0.2, 0) is 23.0 Å². The van der Waals surface area contributed by atoms with E-state index in [1.54, 1.807) is 0 Å². The molecule has 1 amide bonds. The van der Waals surface area contributed by atoms with Crippen LogP contribution in [0.1, 0.15) is 52.9 Å². The van der Waals surface area contributed by atoms with Crippen LogP contribution in [0.5, 0.6) is 11.5 Å². The molecule has 0 spiro atoms. The molecule has 0 radical (unpaired) electrons. The maximum atomic E-state index is 13.4. The van der Waals surface area contributed by atoms with Crippen molar-refractivity contribution >= 4 is 16.8 Å². The van der Waals surface area contributed by atoms with E-state index < -0.39 is 0 Å². The zero-order valence-corrected chi connectivity index (χ0v) is 18.2. The fourth-order valence-electron chi connectivity index (χ4n) is 5.52. The molecule has 3 aromatic rings. The number of aromatic amines is 1. The molecule has 2 aromatic carbocycles. The van der Waals surface area contributed by atoms with Crippen molar-refractivity contribution in [3.8, 4) is 11.5 Å². The van der Waals surface area contributed by atoms with Crippen LogP contribution in [0.2, 0.25) is 0 Å². The lowest BCUT2D eigenvalue weighted by molar-refractivity contribution is 0.0486. The van der Waals surface area contributed by atoms with E-state index in [4.69, 9.17) is 14.2 Å². The van der Waals surface area contributed by atoms with E-state index in [9.17, 15) is 4.79 Å². The Balaban J connectivity index is 1.29. The molecule has 0 atom stereocenters. The lowest BCUT2D eigenvalue weighted by Gasteiger charge is -2.38. The lowest BCUT2D eigenvalue weighted by atomic mass is 9.74. The van der Waals surface area contributed by atoms with Gasteiger partial charge in [-0.1, -0.05) is 18.2 Å². The summed E-state index contributed by atoms with van der Waals surface area (Å²) in [5.74, 6) is 1.53. The predicted molar refractivity (Wildman–Crippen MR) is 122 cm³/mol. The van der Waals surface area contributed by atoms with Crippen molar-refractivity contribution in [2.24, 2.45) is 0 Å². The smallest absolute Gasteiger partial charge is 0.253 e. The highest BCUT2D eigenvalue weighted by atomic mass is 16.7. The summed E-state index contributed by atoms with van der Waals surface area (Å²) in [6.45, 7) is 2.19. The van der Waals surface area contributed by atoms with Crippen molar-refractivity contribution in [3.05, 3.63) is 58.8 Å². The molecule has 6 nitrogen and oxygen atoms in total. The van der Waals surface area contributed by atoms with Gasteiger partial charge >= 0.3 is 0 Å². The monoisotopic (exact) mass is 432 g/mol. The first-order chi connectivity index (χ1) is 15.7. The molecule has 166 valence electrons. The first-order valence-electron chi connectivity index (χ1n) is 11.6. The number of aryl methyl sites for hydroxylation is 2.